The Morgan fingerprint density at radius 3 is 2.10 bits per heavy atom. The molecular formula is C26H31N3O. The van der Waals surface area contributed by atoms with Gasteiger partial charge in [0.2, 0.25) is 5.91 Å². The Morgan fingerprint density at radius 1 is 1.00 bits per heavy atom. The van der Waals surface area contributed by atoms with E-state index < -0.39 is 0 Å². The number of nitrogens with one attached hydrogen (secondary N) is 1. The summed E-state index contributed by atoms with van der Waals surface area (Å²) in [5, 5.41) is 2.98. The molecule has 2 aliphatic rings. The van der Waals surface area contributed by atoms with Crippen LogP contribution >= 0.6 is 0 Å². The molecule has 1 aliphatic heterocycles. The molecule has 4 heteroatoms. The lowest BCUT2D eigenvalue weighted by molar-refractivity contribution is -0.126. The first-order valence-electron chi connectivity index (χ1n) is 11.0. The minimum atomic E-state index is -0.128. The van der Waals surface area contributed by atoms with E-state index in [0.29, 0.717) is 19.5 Å². The number of carbonyl (C=O) groups excluding carboxylic acids is 1. The Bertz CT molecular complexity index is 914. The third-order valence-corrected chi connectivity index (χ3v) is 6.19. The summed E-state index contributed by atoms with van der Waals surface area (Å²) < 4.78 is 0. The summed E-state index contributed by atoms with van der Waals surface area (Å²) in [5.74, 6) is 0.105. The van der Waals surface area contributed by atoms with Crippen molar-refractivity contribution < 1.29 is 4.79 Å². The van der Waals surface area contributed by atoms with Crippen molar-refractivity contribution in [2.75, 3.05) is 26.2 Å². The fourth-order valence-corrected chi connectivity index (χ4v) is 4.73. The average Bonchev–Trinajstić information content (AvgIpc) is 2.95. The summed E-state index contributed by atoms with van der Waals surface area (Å²) in [6.07, 6.45) is 7.09. The third kappa shape index (κ3) is 4.11. The van der Waals surface area contributed by atoms with E-state index in [2.05, 4.69) is 70.9 Å². The number of hydrogen-bond donors (Lipinski definition) is 2. The second-order valence-corrected chi connectivity index (χ2v) is 8.01. The van der Waals surface area contributed by atoms with Gasteiger partial charge < -0.3 is 11.1 Å². The number of likely N-dealkylation sites (N-methyl/N-ethyl adjacent to an activating group) is 1. The van der Waals surface area contributed by atoms with Crippen LogP contribution in [-0.2, 0) is 4.79 Å². The van der Waals surface area contributed by atoms with Gasteiger partial charge in [-0.2, -0.15) is 0 Å². The van der Waals surface area contributed by atoms with Crippen molar-refractivity contribution in [3.05, 3.63) is 76.4 Å². The van der Waals surface area contributed by atoms with Crippen molar-refractivity contribution >= 4 is 23.6 Å². The highest BCUT2D eigenvalue weighted by molar-refractivity contribution is 5.95. The van der Waals surface area contributed by atoms with Crippen molar-refractivity contribution in [2.24, 2.45) is 5.73 Å². The highest BCUT2D eigenvalue weighted by Gasteiger charge is 2.29. The van der Waals surface area contributed by atoms with Crippen LogP contribution < -0.4 is 11.1 Å². The Morgan fingerprint density at radius 2 is 1.57 bits per heavy atom. The van der Waals surface area contributed by atoms with Crippen LogP contribution in [0.2, 0.25) is 0 Å². The van der Waals surface area contributed by atoms with Crippen LogP contribution in [-0.4, -0.2) is 43.0 Å². The number of nitrogens with zero attached hydrogens (tertiary/aromatic N) is 1. The number of carbonyl (C=O) groups is 1. The van der Waals surface area contributed by atoms with Gasteiger partial charge in [-0.3, -0.25) is 9.69 Å². The predicted molar refractivity (Wildman–Crippen MR) is 125 cm³/mol. The maximum Gasteiger partial charge on any atom is 0.237 e. The summed E-state index contributed by atoms with van der Waals surface area (Å²) >= 11 is 0. The molecule has 0 radical (unpaired) electrons. The molecule has 0 bridgehead atoms. The van der Waals surface area contributed by atoms with Crippen molar-refractivity contribution in [1.82, 2.24) is 10.2 Å². The number of amides is 1. The summed E-state index contributed by atoms with van der Waals surface area (Å²) in [7, 11) is 0. The lowest BCUT2D eigenvalue weighted by Crippen LogP contribution is -2.50. The van der Waals surface area contributed by atoms with E-state index in [0.717, 1.165) is 25.9 Å². The number of nitrogens with two attached hydrogens (primary N) is 1. The molecule has 0 saturated carbocycles. The zero-order valence-electron chi connectivity index (χ0n) is 17.7. The first-order valence-corrected chi connectivity index (χ1v) is 11.0. The van der Waals surface area contributed by atoms with Crippen molar-refractivity contribution in [1.29, 1.82) is 0 Å². The molecule has 2 aromatic rings. The molecule has 1 fully saturated rings. The van der Waals surface area contributed by atoms with E-state index >= 15 is 0 Å². The lowest BCUT2D eigenvalue weighted by Gasteiger charge is -2.35. The quantitative estimate of drug-likeness (QED) is 0.681. The van der Waals surface area contributed by atoms with Gasteiger partial charge >= 0.3 is 0 Å². The van der Waals surface area contributed by atoms with Crippen molar-refractivity contribution in [3.8, 4) is 0 Å². The SMILES string of the molecule is CCNC(=O)C(CCN)N1CCC(=C2c3ccccc3C=Cc3ccccc32)CC1. The molecule has 1 heterocycles. The molecule has 4 nitrogen and oxygen atoms in total. The fourth-order valence-electron chi connectivity index (χ4n) is 4.73. The van der Waals surface area contributed by atoms with E-state index in [1.165, 1.54) is 33.4 Å². The molecule has 1 aliphatic carbocycles. The smallest absolute Gasteiger partial charge is 0.237 e. The summed E-state index contributed by atoms with van der Waals surface area (Å²) in [5.41, 5.74) is 13.8. The van der Waals surface area contributed by atoms with Gasteiger partial charge in [0.25, 0.3) is 0 Å². The van der Waals surface area contributed by atoms with E-state index in [4.69, 9.17) is 5.73 Å². The minimum Gasteiger partial charge on any atom is -0.355 e. The minimum absolute atomic E-state index is 0.105. The van der Waals surface area contributed by atoms with Gasteiger partial charge in [-0.25, -0.2) is 0 Å². The molecule has 1 amide bonds. The van der Waals surface area contributed by atoms with Crippen LogP contribution in [0, 0.1) is 0 Å². The standard InChI is InChI=1S/C26H31N3O/c1-2-28-26(30)24(13-16-27)29-17-14-21(15-18-29)25-22-9-5-3-7-19(22)11-12-20-8-4-6-10-23(20)25/h3-12,24H,2,13-18,27H2,1H3,(H,28,30). The zero-order chi connectivity index (χ0) is 20.9. The van der Waals surface area contributed by atoms with Gasteiger partial charge in [0.1, 0.15) is 0 Å². The largest absolute Gasteiger partial charge is 0.355 e. The molecule has 0 spiro atoms. The van der Waals surface area contributed by atoms with Gasteiger partial charge in [-0.05, 0) is 60.6 Å². The normalized spacial score (nSPS) is 17.1. The Labute approximate surface area is 179 Å². The highest BCUT2D eigenvalue weighted by atomic mass is 16.2. The molecule has 1 atom stereocenters. The monoisotopic (exact) mass is 401 g/mol. The van der Waals surface area contributed by atoms with E-state index in [9.17, 15) is 4.79 Å². The number of fused-ring (bicyclic) bond motifs is 2. The Kier molecular flexibility index (Phi) is 6.46. The zero-order valence-corrected chi connectivity index (χ0v) is 17.7. The van der Waals surface area contributed by atoms with Gasteiger partial charge in [0.05, 0.1) is 6.04 Å². The molecular weight excluding hydrogens is 370 g/mol. The number of hydrogen-bond acceptors (Lipinski definition) is 3. The third-order valence-electron chi connectivity index (χ3n) is 6.19. The van der Waals surface area contributed by atoms with Gasteiger partial charge in [0.15, 0.2) is 0 Å². The summed E-state index contributed by atoms with van der Waals surface area (Å²) in [6, 6.07) is 17.2. The molecule has 1 saturated heterocycles. The number of rotatable bonds is 5. The second-order valence-electron chi connectivity index (χ2n) is 8.01. The van der Waals surface area contributed by atoms with E-state index in [1.807, 2.05) is 6.92 Å². The van der Waals surface area contributed by atoms with Gasteiger partial charge in [0, 0.05) is 19.6 Å². The first-order chi connectivity index (χ1) is 14.7. The fraction of sp³-hybridized carbons (Fsp3) is 0.346. The van der Waals surface area contributed by atoms with Gasteiger partial charge in [-0.1, -0.05) is 66.3 Å². The Balaban J connectivity index is 1.67. The van der Waals surface area contributed by atoms with Crippen LogP contribution in [0.5, 0.6) is 0 Å². The highest BCUT2D eigenvalue weighted by Crippen LogP contribution is 2.38. The molecule has 30 heavy (non-hydrogen) atoms. The molecule has 0 aromatic heterocycles. The van der Waals surface area contributed by atoms with Crippen LogP contribution in [0.1, 0.15) is 48.4 Å². The van der Waals surface area contributed by atoms with Crippen molar-refractivity contribution in [2.45, 2.75) is 32.2 Å². The average molecular weight is 402 g/mol. The maximum absolute atomic E-state index is 12.6. The summed E-state index contributed by atoms with van der Waals surface area (Å²) in [4.78, 5) is 14.9. The molecule has 156 valence electrons. The number of likely N-dealkylation sites (tertiary alicyclic amines) is 1. The Hall–Kier alpha value is -2.69. The lowest BCUT2D eigenvalue weighted by atomic mass is 9.85. The molecule has 4 rings (SSSR count). The van der Waals surface area contributed by atoms with Crippen molar-refractivity contribution in [3.63, 3.8) is 0 Å². The van der Waals surface area contributed by atoms with Crippen LogP contribution in [0.3, 0.4) is 0 Å². The topological polar surface area (TPSA) is 58.4 Å². The first kappa shape index (κ1) is 20.6. The molecule has 2 aromatic carbocycles. The summed E-state index contributed by atoms with van der Waals surface area (Å²) in [6.45, 7) is 4.92. The predicted octanol–water partition coefficient (Wildman–Crippen LogP) is 3.92. The van der Waals surface area contributed by atoms with E-state index in [-0.39, 0.29) is 11.9 Å². The maximum atomic E-state index is 12.6. The number of benzene rings is 2. The van der Waals surface area contributed by atoms with Crippen LogP contribution in [0.4, 0.5) is 0 Å². The van der Waals surface area contributed by atoms with Crippen LogP contribution in [0.15, 0.2) is 54.1 Å². The molecule has 1 unspecified atom stereocenters. The number of piperidine rings is 1. The van der Waals surface area contributed by atoms with Gasteiger partial charge in [-0.15, -0.1) is 0 Å². The van der Waals surface area contributed by atoms with E-state index in [1.54, 1.807) is 0 Å². The van der Waals surface area contributed by atoms with Crippen LogP contribution in [0.25, 0.3) is 17.7 Å². The molecule has 3 N–H and O–H groups in total. The second kappa shape index (κ2) is 9.41.